The van der Waals surface area contributed by atoms with E-state index in [1.54, 1.807) is 6.20 Å². The quantitative estimate of drug-likeness (QED) is 0.614. The molecule has 2 aliphatic rings. The van der Waals surface area contributed by atoms with Crippen LogP contribution in [0.2, 0.25) is 0 Å². The lowest BCUT2D eigenvalue weighted by atomic mass is 9.85. The smallest absolute Gasteiger partial charge is 0.316 e. The fourth-order valence-corrected chi connectivity index (χ4v) is 4.21. The van der Waals surface area contributed by atoms with E-state index in [9.17, 15) is 4.79 Å². The third-order valence-corrected chi connectivity index (χ3v) is 5.42. The minimum absolute atomic E-state index is 0.201. The minimum atomic E-state index is -0.201. The van der Waals surface area contributed by atoms with E-state index in [1.807, 2.05) is 13.1 Å². The lowest BCUT2D eigenvalue weighted by molar-refractivity contribution is -0.139. The summed E-state index contributed by atoms with van der Waals surface area (Å²) in [4.78, 5) is 22.9. The summed E-state index contributed by atoms with van der Waals surface area (Å²) >= 11 is 1.40. The van der Waals surface area contributed by atoms with E-state index < -0.39 is 0 Å². The Labute approximate surface area is 135 Å². The van der Waals surface area contributed by atoms with Crippen molar-refractivity contribution < 1.29 is 9.53 Å². The van der Waals surface area contributed by atoms with Gasteiger partial charge in [0.25, 0.3) is 0 Å². The van der Waals surface area contributed by atoms with Gasteiger partial charge in [0.2, 0.25) is 0 Å². The Morgan fingerprint density at radius 1 is 1.36 bits per heavy atom. The van der Waals surface area contributed by atoms with Crippen molar-refractivity contribution in [2.45, 2.75) is 50.1 Å². The summed E-state index contributed by atoms with van der Waals surface area (Å²) in [6.07, 6.45) is 10.2. The first-order valence-corrected chi connectivity index (χ1v) is 9.13. The highest BCUT2D eigenvalue weighted by Crippen LogP contribution is 2.38. The van der Waals surface area contributed by atoms with E-state index in [2.05, 4.69) is 9.88 Å². The molecule has 1 aromatic rings. The number of fused-ring (bicyclic) bond motifs is 1. The Morgan fingerprint density at radius 3 is 3.09 bits per heavy atom. The molecule has 22 heavy (non-hydrogen) atoms. The highest BCUT2D eigenvalue weighted by Gasteiger charge is 2.36. The molecule has 2 atom stereocenters. The average Bonchev–Trinajstić information content (AvgIpc) is 2.98. The molecule has 0 N–H and O–H groups in total. The number of esters is 1. The number of anilines is 1. The van der Waals surface area contributed by atoms with Crippen molar-refractivity contribution in [3.63, 3.8) is 0 Å². The Hall–Kier alpha value is -1.30. The van der Waals surface area contributed by atoms with Gasteiger partial charge in [0.05, 0.1) is 24.8 Å². The van der Waals surface area contributed by atoms with Crippen LogP contribution in [0.1, 0.15) is 39.0 Å². The number of ether oxygens (including phenoxy) is 1. The molecule has 1 aromatic heterocycles. The largest absolute Gasteiger partial charge is 0.465 e. The van der Waals surface area contributed by atoms with Gasteiger partial charge in [-0.05, 0) is 32.1 Å². The van der Waals surface area contributed by atoms with Gasteiger partial charge < -0.3 is 9.64 Å². The first kappa shape index (κ1) is 15.6. The van der Waals surface area contributed by atoms with E-state index >= 15 is 0 Å². The fraction of sp³-hybridized carbons (Fsp3) is 0.688. The van der Waals surface area contributed by atoms with Crippen LogP contribution >= 0.6 is 11.8 Å². The van der Waals surface area contributed by atoms with Crippen molar-refractivity contribution >= 4 is 23.5 Å². The highest BCUT2D eigenvalue weighted by atomic mass is 32.2. The van der Waals surface area contributed by atoms with Gasteiger partial charge in [-0.3, -0.25) is 9.78 Å². The molecular formula is C16H23N3O2S. The molecular weight excluding hydrogens is 298 g/mol. The van der Waals surface area contributed by atoms with E-state index in [1.165, 1.54) is 43.9 Å². The normalized spacial score (nSPS) is 24.1. The third-order valence-electron chi connectivity index (χ3n) is 4.55. The number of aromatic nitrogens is 2. The van der Waals surface area contributed by atoms with Crippen LogP contribution < -0.4 is 4.90 Å². The topological polar surface area (TPSA) is 55.3 Å². The second-order valence-electron chi connectivity index (χ2n) is 5.90. The van der Waals surface area contributed by atoms with Crippen LogP contribution in [0.3, 0.4) is 0 Å². The maximum atomic E-state index is 11.4. The second kappa shape index (κ2) is 7.31. The number of hydrogen-bond acceptors (Lipinski definition) is 6. The summed E-state index contributed by atoms with van der Waals surface area (Å²) in [7, 11) is 0. The maximum Gasteiger partial charge on any atom is 0.316 e. The molecule has 1 aliphatic carbocycles. The zero-order chi connectivity index (χ0) is 15.4. The average molecular weight is 321 g/mol. The van der Waals surface area contributed by atoms with Gasteiger partial charge in [-0.25, -0.2) is 4.98 Å². The van der Waals surface area contributed by atoms with Crippen molar-refractivity contribution in [2.24, 2.45) is 5.92 Å². The van der Waals surface area contributed by atoms with Crippen molar-refractivity contribution in [3.8, 4) is 0 Å². The monoisotopic (exact) mass is 321 g/mol. The highest BCUT2D eigenvalue weighted by molar-refractivity contribution is 7.99. The summed E-state index contributed by atoms with van der Waals surface area (Å²) in [6.45, 7) is 3.31. The molecule has 120 valence electrons. The van der Waals surface area contributed by atoms with E-state index in [0.717, 1.165) is 23.3 Å². The van der Waals surface area contributed by atoms with Gasteiger partial charge in [0, 0.05) is 12.6 Å². The first-order chi connectivity index (χ1) is 10.8. The first-order valence-electron chi connectivity index (χ1n) is 8.15. The predicted octanol–water partition coefficient (Wildman–Crippen LogP) is 2.90. The summed E-state index contributed by atoms with van der Waals surface area (Å²) in [5.41, 5.74) is 0. The number of nitrogens with zero attached hydrogens (tertiary/aromatic N) is 3. The molecule has 2 unspecified atom stereocenters. The molecule has 0 bridgehead atoms. The van der Waals surface area contributed by atoms with E-state index in [0.29, 0.717) is 12.6 Å². The lowest BCUT2D eigenvalue weighted by Gasteiger charge is -2.32. The van der Waals surface area contributed by atoms with Crippen LogP contribution in [-0.2, 0) is 9.53 Å². The van der Waals surface area contributed by atoms with Gasteiger partial charge in [0.1, 0.15) is 10.8 Å². The van der Waals surface area contributed by atoms with E-state index in [-0.39, 0.29) is 11.7 Å². The van der Waals surface area contributed by atoms with Gasteiger partial charge in [-0.2, -0.15) is 0 Å². The third kappa shape index (κ3) is 3.54. The standard InChI is InChI=1S/C16H23N3O2S/c1-2-21-16(20)11-22-15-10-17-9-14(18-15)19-8-7-12-5-3-4-6-13(12)19/h9-10,12-13H,2-8,11H2,1H3. The van der Waals surface area contributed by atoms with Crippen LogP contribution in [-0.4, -0.2) is 40.9 Å². The van der Waals surface area contributed by atoms with Crippen molar-refractivity contribution in [1.29, 1.82) is 0 Å². The van der Waals surface area contributed by atoms with Gasteiger partial charge in [-0.15, -0.1) is 0 Å². The molecule has 1 aliphatic heterocycles. The minimum Gasteiger partial charge on any atom is -0.465 e. The number of rotatable bonds is 5. The molecule has 0 aromatic carbocycles. The number of hydrogen-bond donors (Lipinski definition) is 0. The molecule has 0 spiro atoms. The fourth-order valence-electron chi connectivity index (χ4n) is 3.57. The van der Waals surface area contributed by atoms with Gasteiger partial charge in [0.15, 0.2) is 0 Å². The molecule has 0 amide bonds. The van der Waals surface area contributed by atoms with E-state index in [4.69, 9.17) is 9.72 Å². The van der Waals surface area contributed by atoms with Crippen LogP contribution in [0.5, 0.6) is 0 Å². The summed E-state index contributed by atoms with van der Waals surface area (Å²) in [5.74, 6) is 1.88. The SMILES string of the molecule is CCOC(=O)CSc1cncc(N2CCC3CCCCC32)n1. The lowest BCUT2D eigenvalue weighted by Crippen LogP contribution is -2.35. The number of carbonyl (C=O) groups is 1. The molecule has 5 nitrogen and oxygen atoms in total. The molecule has 6 heteroatoms. The molecule has 3 rings (SSSR count). The molecule has 0 radical (unpaired) electrons. The zero-order valence-corrected chi connectivity index (χ0v) is 13.8. The van der Waals surface area contributed by atoms with Crippen molar-refractivity contribution in [1.82, 2.24) is 9.97 Å². The molecule has 1 saturated carbocycles. The summed E-state index contributed by atoms with van der Waals surface area (Å²) in [5, 5.41) is 0.796. The number of thioether (sulfide) groups is 1. The Kier molecular flexibility index (Phi) is 5.18. The molecule has 2 heterocycles. The Bertz CT molecular complexity index is 526. The van der Waals surface area contributed by atoms with Crippen molar-refractivity contribution in [2.75, 3.05) is 23.8 Å². The van der Waals surface area contributed by atoms with Crippen LogP contribution in [0.15, 0.2) is 17.4 Å². The zero-order valence-electron chi connectivity index (χ0n) is 13.0. The van der Waals surface area contributed by atoms with Gasteiger partial charge >= 0.3 is 5.97 Å². The predicted molar refractivity (Wildman–Crippen MR) is 87.1 cm³/mol. The Morgan fingerprint density at radius 2 is 2.23 bits per heavy atom. The maximum absolute atomic E-state index is 11.4. The van der Waals surface area contributed by atoms with Crippen molar-refractivity contribution in [3.05, 3.63) is 12.4 Å². The number of carbonyl (C=O) groups excluding carboxylic acids is 1. The van der Waals surface area contributed by atoms with Crippen LogP contribution in [0.25, 0.3) is 0 Å². The second-order valence-corrected chi connectivity index (χ2v) is 6.90. The van der Waals surface area contributed by atoms with Crippen LogP contribution in [0, 0.1) is 5.92 Å². The molecule has 1 saturated heterocycles. The van der Waals surface area contributed by atoms with Crippen LogP contribution in [0.4, 0.5) is 5.82 Å². The summed E-state index contributed by atoms with van der Waals surface area (Å²) < 4.78 is 4.95. The summed E-state index contributed by atoms with van der Waals surface area (Å²) in [6, 6.07) is 0.633. The van der Waals surface area contributed by atoms with Gasteiger partial charge in [-0.1, -0.05) is 24.6 Å². The Balaban J connectivity index is 1.65. The molecule has 2 fully saturated rings.